The third-order valence-corrected chi connectivity index (χ3v) is 8.04. The Morgan fingerprint density at radius 2 is 1.46 bits per heavy atom. The first-order valence-electron chi connectivity index (χ1n) is 8.21. The number of thioether (sulfide) groups is 2. The van der Waals surface area contributed by atoms with Gasteiger partial charge in [0.05, 0.1) is 16.4 Å². The number of aliphatic hydroxyl groups excluding tert-OH is 1. The molecule has 4 bridgehead atoms. The average Bonchev–Trinajstić information content (AvgIpc) is 2.59. The molecule has 5 atom stereocenters. The van der Waals surface area contributed by atoms with Gasteiger partial charge in [0.25, 0.3) is 0 Å². The summed E-state index contributed by atoms with van der Waals surface area (Å²) >= 11 is 3.09. The van der Waals surface area contributed by atoms with Gasteiger partial charge in [-0.3, -0.25) is 4.79 Å². The van der Waals surface area contributed by atoms with E-state index in [1.165, 1.54) is 44.8 Å². The monoisotopic (exact) mass is 350 g/mol. The van der Waals surface area contributed by atoms with Crippen LogP contribution in [-0.2, 0) is 4.79 Å². The van der Waals surface area contributed by atoms with Gasteiger partial charge >= 0.3 is 0 Å². The lowest BCUT2D eigenvalue weighted by molar-refractivity contribution is -0.111. The molecule has 2 aromatic carbocycles. The maximum Gasteiger partial charge on any atom is 0.201 e. The third kappa shape index (κ3) is 1.66. The quantitative estimate of drug-likeness (QED) is 0.707. The van der Waals surface area contributed by atoms with E-state index in [4.69, 9.17) is 0 Å². The second kappa shape index (κ2) is 4.57. The summed E-state index contributed by atoms with van der Waals surface area (Å²) in [6, 6.07) is 9.01. The van der Waals surface area contributed by atoms with E-state index in [-0.39, 0.29) is 32.9 Å². The molecule has 0 radical (unpaired) electrons. The van der Waals surface area contributed by atoms with E-state index in [1.54, 1.807) is 11.8 Å². The summed E-state index contributed by atoms with van der Waals surface area (Å²) in [4.78, 5) is 12.2. The van der Waals surface area contributed by atoms with E-state index in [2.05, 4.69) is 48.6 Å². The number of hydrogen-bond donors (Lipinski definition) is 1. The van der Waals surface area contributed by atoms with Crippen molar-refractivity contribution in [2.24, 2.45) is 0 Å². The van der Waals surface area contributed by atoms with Crippen molar-refractivity contribution in [3.8, 4) is 0 Å². The van der Waals surface area contributed by atoms with Gasteiger partial charge in [0, 0.05) is 5.92 Å². The number of carbonyl (C=O) groups is 1. The molecule has 8 rings (SSSR count). The molecule has 6 aliphatic rings. The highest BCUT2D eigenvalue weighted by molar-refractivity contribution is 8.14. The first-order chi connectivity index (χ1) is 11.7. The molecule has 0 saturated carbocycles. The number of carbonyl (C=O) groups excluding carboxylic acids is 1. The number of aliphatic hydroxyl groups is 1. The Bertz CT molecular complexity index is 991. The van der Waals surface area contributed by atoms with Crippen LogP contribution in [0.25, 0.3) is 10.8 Å². The minimum Gasteiger partial charge on any atom is -0.381 e. The summed E-state index contributed by atoms with van der Waals surface area (Å²) in [5, 5.41) is 13.4. The Balaban J connectivity index is 1.61. The fourth-order valence-corrected chi connectivity index (χ4v) is 6.77. The summed E-state index contributed by atoms with van der Waals surface area (Å²) in [6.45, 7) is 0. The molecule has 0 spiro atoms. The van der Waals surface area contributed by atoms with Crippen LogP contribution in [0.15, 0.2) is 48.6 Å². The van der Waals surface area contributed by atoms with Crippen LogP contribution in [0.3, 0.4) is 0 Å². The molecule has 24 heavy (non-hydrogen) atoms. The molecule has 4 heteroatoms. The Morgan fingerprint density at radius 1 is 0.792 bits per heavy atom. The zero-order chi connectivity index (χ0) is 16.0. The standard InChI is InChI=1S/C20H14O2S2/c21-19-11-1-3-17(23-19)15-7-10-8-16-14(6-9(10)5-13(11)15)12-2-4-18(16)24-20(12)22/h1-8,11-12,17-19,21H. The predicted octanol–water partition coefficient (Wildman–Crippen LogP) is 4.57. The molecule has 1 N–H and O–H groups in total. The van der Waals surface area contributed by atoms with Crippen molar-refractivity contribution in [1.82, 2.24) is 0 Å². The lowest BCUT2D eigenvalue weighted by atomic mass is 9.82. The summed E-state index contributed by atoms with van der Waals surface area (Å²) in [6.07, 6.45) is 8.58. The van der Waals surface area contributed by atoms with Crippen molar-refractivity contribution in [1.29, 1.82) is 0 Å². The second-order valence-corrected chi connectivity index (χ2v) is 9.30. The van der Waals surface area contributed by atoms with Gasteiger partial charge in [0.15, 0.2) is 0 Å². The van der Waals surface area contributed by atoms with Gasteiger partial charge in [0.2, 0.25) is 5.12 Å². The number of rotatable bonds is 0. The average molecular weight is 350 g/mol. The van der Waals surface area contributed by atoms with Crippen molar-refractivity contribution in [3.05, 3.63) is 70.8 Å². The van der Waals surface area contributed by atoms with Crippen molar-refractivity contribution in [3.63, 3.8) is 0 Å². The number of benzene rings is 2. The van der Waals surface area contributed by atoms with Gasteiger partial charge < -0.3 is 5.11 Å². The minimum atomic E-state index is -0.348. The second-order valence-electron chi connectivity index (χ2n) is 6.89. The zero-order valence-electron chi connectivity index (χ0n) is 12.7. The third-order valence-electron chi connectivity index (χ3n) is 5.61. The van der Waals surface area contributed by atoms with Crippen LogP contribution in [0.5, 0.6) is 0 Å². The van der Waals surface area contributed by atoms with E-state index < -0.39 is 0 Å². The van der Waals surface area contributed by atoms with Crippen LogP contribution >= 0.6 is 23.5 Å². The van der Waals surface area contributed by atoms with Crippen molar-refractivity contribution in [2.45, 2.75) is 27.8 Å². The van der Waals surface area contributed by atoms with Crippen LogP contribution in [0, 0.1) is 0 Å². The molecule has 0 saturated heterocycles. The van der Waals surface area contributed by atoms with Gasteiger partial charge in [-0.2, -0.15) is 0 Å². The SMILES string of the molecule is O=C1SC2C=CC1c1cc3cc4c(cc3cc12)C1C=CC4C(O)S1. The maximum absolute atomic E-state index is 12.2. The van der Waals surface area contributed by atoms with E-state index in [9.17, 15) is 9.90 Å². The van der Waals surface area contributed by atoms with Crippen LogP contribution in [0.4, 0.5) is 0 Å². The van der Waals surface area contributed by atoms with Gasteiger partial charge in [-0.15, -0.1) is 11.8 Å². The van der Waals surface area contributed by atoms with Crippen LogP contribution < -0.4 is 0 Å². The molecule has 0 fully saturated rings. The fraction of sp³-hybridized carbons (Fsp3) is 0.250. The minimum absolute atomic E-state index is 0.0870. The van der Waals surface area contributed by atoms with E-state index in [0.717, 1.165) is 0 Å². The van der Waals surface area contributed by atoms with Crippen molar-refractivity contribution in [2.75, 3.05) is 0 Å². The zero-order valence-corrected chi connectivity index (χ0v) is 14.3. The van der Waals surface area contributed by atoms with Gasteiger partial charge in [-0.05, 0) is 51.2 Å². The molecule has 2 nitrogen and oxygen atoms in total. The predicted molar refractivity (Wildman–Crippen MR) is 99.4 cm³/mol. The number of fused-ring (bicyclic) bond motifs is 3. The highest BCUT2D eigenvalue weighted by atomic mass is 32.2. The van der Waals surface area contributed by atoms with E-state index in [0.29, 0.717) is 0 Å². The van der Waals surface area contributed by atoms with Crippen molar-refractivity contribution >= 4 is 39.4 Å². The molecule has 0 amide bonds. The van der Waals surface area contributed by atoms with Crippen molar-refractivity contribution < 1.29 is 9.90 Å². The Morgan fingerprint density at radius 3 is 2.21 bits per heavy atom. The molecule has 4 aliphatic heterocycles. The van der Waals surface area contributed by atoms with Crippen LogP contribution in [0.2, 0.25) is 0 Å². The molecule has 4 heterocycles. The maximum atomic E-state index is 12.2. The first kappa shape index (κ1) is 13.8. The fourth-order valence-electron chi connectivity index (χ4n) is 4.43. The number of hydrogen-bond acceptors (Lipinski definition) is 4. The Hall–Kier alpha value is -1.49. The smallest absolute Gasteiger partial charge is 0.201 e. The Kier molecular flexibility index (Phi) is 2.62. The molecule has 2 aliphatic carbocycles. The lowest BCUT2D eigenvalue weighted by Gasteiger charge is -2.37. The van der Waals surface area contributed by atoms with Crippen LogP contribution in [-0.4, -0.2) is 15.7 Å². The van der Waals surface area contributed by atoms with E-state index in [1.807, 2.05) is 0 Å². The summed E-state index contributed by atoms with van der Waals surface area (Å²) in [5.41, 5.74) is 4.71. The molecular weight excluding hydrogens is 336 g/mol. The largest absolute Gasteiger partial charge is 0.381 e. The van der Waals surface area contributed by atoms with E-state index >= 15 is 0 Å². The molecule has 118 valence electrons. The normalized spacial score (nSPS) is 34.7. The highest BCUT2D eigenvalue weighted by Crippen LogP contribution is 2.54. The highest BCUT2D eigenvalue weighted by Gasteiger charge is 2.38. The van der Waals surface area contributed by atoms with Gasteiger partial charge in [-0.25, -0.2) is 0 Å². The van der Waals surface area contributed by atoms with Crippen LogP contribution in [0.1, 0.15) is 44.6 Å². The molecule has 5 unspecified atom stereocenters. The molecular formula is C20H14O2S2. The first-order valence-corrected chi connectivity index (χ1v) is 10.0. The summed E-state index contributed by atoms with van der Waals surface area (Å²) < 4.78 is 0. The van der Waals surface area contributed by atoms with Gasteiger partial charge in [0.1, 0.15) is 5.44 Å². The summed E-state index contributed by atoms with van der Waals surface area (Å²) in [5.74, 6) is -0.00288. The lowest BCUT2D eigenvalue weighted by Crippen LogP contribution is -2.25. The molecule has 0 aromatic heterocycles. The molecule has 2 aromatic rings. The van der Waals surface area contributed by atoms with Gasteiger partial charge in [-0.1, -0.05) is 42.1 Å². The number of allylic oxidation sites excluding steroid dienone is 1. The Labute approximate surface area is 148 Å². The topological polar surface area (TPSA) is 37.3 Å². The summed E-state index contributed by atoms with van der Waals surface area (Å²) in [7, 11) is 0.